The molecule has 1 heterocycles. The predicted octanol–water partition coefficient (Wildman–Crippen LogP) is 5.70. The monoisotopic (exact) mass is 485 g/mol. The molecule has 4 nitrogen and oxygen atoms in total. The van der Waals surface area contributed by atoms with E-state index in [1.807, 2.05) is 73.7 Å². The first kappa shape index (κ1) is 20.5. The van der Waals surface area contributed by atoms with Crippen LogP contribution in [0.2, 0.25) is 0 Å². The van der Waals surface area contributed by atoms with E-state index >= 15 is 0 Å². The zero-order chi connectivity index (χ0) is 22.3. The number of fused-ring (bicyclic) bond motifs is 3. The maximum absolute atomic E-state index is 13.5. The lowest BCUT2D eigenvalue weighted by molar-refractivity contribution is -0.139. The number of benzene rings is 4. The fourth-order valence-corrected chi connectivity index (χ4v) is 4.75. The van der Waals surface area contributed by atoms with E-state index < -0.39 is 11.5 Å². The van der Waals surface area contributed by atoms with Gasteiger partial charge in [-0.2, -0.15) is 0 Å². The molecule has 0 saturated carbocycles. The molecule has 32 heavy (non-hydrogen) atoms. The summed E-state index contributed by atoms with van der Waals surface area (Å²) in [4.78, 5) is 26.8. The van der Waals surface area contributed by atoms with E-state index in [-0.39, 0.29) is 12.3 Å². The van der Waals surface area contributed by atoms with Gasteiger partial charge in [-0.25, -0.2) is 4.79 Å². The van der Waals surface area contributed by atoms with Crippen LogP contribution in [0.1, 0.15) is 27.0 Å². The van der Waals surface area contributed by atoms with Crippen LogP contribution in [0, 0.1) is 6.92 Å². The average molecular weight is 486 g/mol. The quantitative estimate of drug-likeness (QED) is 0.298. The maximum Gasteiger partial charge on any atom is 0.342 e. The number of hydrogen-bond donors (Lipinski definition) is 1. The Kier molecular flexibility index (Phi) is 5.06. The number of aryl methyl sites for hydroxylation is 1. The van der Waals surface area contributed by atoms with Crippen LogP contribution in [0.3, 0.4) is 0 Å². The maximum atomic E-state index is 13.5. The summed E-state index contributed by atoms with van der Waals surface area (Å²) >= 11 is 3.51. The van der Waals surface area contributed by atoms with Crippen LogP contribution in [0.15, 0.2) is 89.4 Å². The van der Waals surface area contributed by atoms with Crippen molar-refractivity contribution in [3.63, 3.8) is 0 Å². The van der Waals surface area contributed by atoms with E-state index in [0.717, 1.165) is 26.4 Å². The standard InChI is InChI=1S/C27H20BrNO3/c1-17-9-11-20(12-10-17)25(30)29-27(16-18-5-4-7-21(28)15-18)24-22-8-3-2-6-19(22)13-14-23(24)32-26(27)31/h2-15H,16H2,1H3,(H,29,30). The molecule has 0 aliphatic carbocycles. The minimum atomic E-state index is -1.35. The second kappa shape index (κ2) is 7.92. The van der Waals surface area contributed by atoms with Crippen LogP contribution >= 0.6 is 15.9 Å². The summed E-state index contributed by atoms with van der Waals surface area (Å²) in [6.45, 7) is 1.97. The summed E-state index contributed by atoms with van der Waals surface area (Å²) in [5, 5.41) is 4.93. The lowest BCUT2D eigenvalue weighted by atomic mass is 9.82. The third-order valence-electron chi connectivity index (χ3n) is 5.87. The SMILES string of the molecule is Cc1ccc(C(=O)NC2(Cc3cccc(Br)c3)C(=O)Oc3ccc4ccccc4c32)cc1. The van der Waals surface area contributed by atoms with Gasteiger partial charge in [-0.05, 0) is 53.6 Å². The molecule has 0 spiro atoms. The predicted molar refractivity (Wildman–Crippen MR) is 128 cm³/mol. The van der Waals surface area contributed by atoms with Gasteiger partial charge in [0.1, 0.15) is 5.75 Å². The molecule has 0 aromatic heterocycles. The molecule has 0 fully saturated rings. The molecule has 158 valence electrons. The Morgan fingerprint density at radius 2 is 1.75 bits per heavy atom. The zero-order valence-electron chi connectivity index (χ0n) is 17.4. The first-order valence-electron chi connectivity index (χ1n) is 10.3. The van der Waals surface area contributed by atoms with Gasteiger partial charge < -0.3 is 10.1 Å². The van der Waals surface area contributed by atoms with Crippen molar-refractivity contribution < 1.29 is 14.3 Å². The van der Waals surface area contributed by atoms with Gasteiger partial charge in [0.2, 0.25) is 0 Å². The lowest BCUT2D eigenvalue weighted by Crippen LogP contribution is -2.52. The van der Waals surface area contributed by atoms with Crippen molar-refractivity contribution in [2.24, 2.45) is 0 Å². The fourth-order valence-electron chi connectivity index (χ4n) is 4.31. The van der Waals surface area contributed by atoms with Gasteiger partial charge in [0.15, 0.2) is 5.54 Å². The molecule has 0 radical (unpaired) electrons. The van der Waals surface area contributed by atoms with Gasteiger partial charge in [-0.3, -0.25) is 4.79 Å². The van der Waals surface area contributed by atoms with E-state index in [0.29, 0.717) is 16.9 Å². The number of esters is 1. The first-order chi connectivity index (χ1) is 15.5. The third-order valence-corrected chi connectivity index (χ3v) is 6.36. The van der Waals surface area contributed by atoms with Crippen molar-refractivity contribution in [2.75, 3.05) is 0 Å². The van der Waals surface area contributed by atoms with E-state index in [1.165, 1.54) is 0 Å². The normalized spacial score (nSPS) is 17.1. The van der Waals surface area contributed by atoms with E-state index in [9.17, 15) is 9.59 Å². The number of rotatable bonds is 4. The average Bonchev–Trinajstić information content (AvgIpc) is 3.05. The van der Waals surface area contributed by atoms with Gasteiger partial charge in [0.05, 0.1) is 0 Å². The molecule has 5 rings (SSSR count). The smallest absolute Gasteiger partial charge is 0.342 e. The van der Waals surface area contributed by atoms with Crippen LogP contribution in [-0.2, 0) is 16.8 Å². The summed E-state index contributed by atoms with van der Waals surface area (Å²) in [6, 6.07) is 26.6. The van der Waals surface area contributed by atoms with E-state index in [2.05, 4.69) is 21.2 Å². The summed E-state index contributed by atoms with van der Waals surface area (Å²) in [6.07, 6.45) is 0.268. The van der Waals surface area contributed by atoms with Crippen LogP contribution in [0.25, 0.3) is 10.8 Å². The highest BCUT2D eigenvalue weighted by atomic mass is 79.9. The van der Waals surface area contributed by atoms with Crippen LogP contribution < -0.4 is 10.1 Å². The number of carbonyl (C=O) groups is 2. The highest BCUT2D eigenvalue weighted by Crippen LogP contribution is 2.45. The van der Waals surface area contributed by atoms with Crippen LogP contribution in [-0.4, -0.2) is 11.9 Å². The van der Waals surface area contributed by atoms with Gasteiger partial charge in [-0.15, -0.1) is 0 Å². The second-order valence-corrected chi connectivity index (χ2v) is 9.00. The van der Waals surface area contributed by atoms with E-state index in [1.54, 1.807) is 18.2 Å². The highest BCUT2D eigenvalue weighted by molar-refractivity contribution is 9.10. The first-order valence-corrected chi connectivity index (χ1v) is 11.1. The molecule has 1 N–H and O–H groups in total. The Morgan fingerprint density at radius 3 is 2.53 bits per heavy atom. The fraction of sp³-hybridized carbons (Fsp3) is 0.111. The Morgan fingerprint density at radius 1 is 0.969 bits per heavy atom. The molecule has 0 bridgehead atoms. The zero-order valence-corrected chi connectivity index (χ0v) is 19.0. The van der Waals surface area contributed by atoms with Gasteiger partial charge in [0, 0.05) is 22.0 Å². The number of nitrogens with one attached hydrogen (secondary N) is 1. The molecule has 1 aliphatic rings. The summed E-state index contributed by atoms with van der Waals surface area (Å²) in [5.41, 5.74) is 1.80. The van der Waals surface area contributed by atoms with Crippen molar-refractivity contribution in [2.45, 2.75) is 18.9 Å². The van der Waals surface area contributed by atoms with Gasteiger partial charge >= 0.3 is 5.97 Å². The summed E-state index contributed by atoms with van der Waals surface area (Å²) in [7, 11) is 0. The Bertz CT molecular complexity index is 1360. The molecule has 1 amide bonds. The topological polar surface area (TPSA) is 55.4 Å². The summed E-state index contributed by atoms with van der Waals surface area (Å²) in [5.74, 6) is -0.324. The summed E-state index contributed by atoms with van der Waals surface area (Å²) < 4.78 is 6.63. The minimum absolute atomic E-state index is 0.268. The number of ether oxygens (including phenoxy) is 1. The van der Waals surface area contributed by atoms with Crippen molar-refractivity contribution in [1.29, 1.82) is 0 Å². The number of carbonyl (C=O) groups excluding carboxylic acids is 2. The minimum Gasteiger partial charge on any atom is -0.424 e. The molecule has 4 aromatic rings. The van der Waals surface area contributed by atoms with Crippen LogP contribution in [0.4, 0.5) is 0 Å². The highest BCUT2D eigenvalue weighted by Gasteiger charge is 2.51. The largest absolute Gasteiger partial charge is 0.424 e. The number of amides is 1. The number of halogens is 1. The van der Waals surface area contributed by atoms with Crippen molar-refractivity contribution >= 4 is 38.6 Å². The molecule has 4 aromatic carbocycles. The lowest BCUT2D eigenvalue weighted by Gasteiger charge is -2.28. The van der Waals surface area contributed by atoms with E-state index in [4.69, 9.17) is 4.74 Å². The van der Waals surface area contributed by atoms with Gasteiger partial charge in [-0.1, -0.05) is 76.1 Å². The molecule has 1 atom stereocenters. The van der Waals surface area contributed by atoms with Crippen molar-refractivity contribution in [3.05, 3.63) is 112 Å². The van der Waals surface area contributed by atoms with Crippen molar-refractivity contribution in [3.8, 4) is 5.75 Å². The molecular formula is C27H20BrNO3. The van der Waals surface area contributed by atoms with Crippen molar-refractivity contribution in [1.82, 2.24) is 5.32 Å². The third kappa shape index (κ3) is 3.49. The number of hydrogen-bond acceptors (Lipinski definition) is 3. The molecular weight excluding hydrogens is 466 g/mol. The van der Waals surface area contributed by atoms with Crippen LogP contribution in [0.5, 0.6) is 5.75 Å². The van der Waals surface area contributed by atoms with Gasteiger partial charge in [0.25, 0.3) is 5.91 Å². The molecule has 5 heteroatoms. The second-order valence-electron chi connectivity index (χ2n) is 8.08. The Labute approximate surface area is 194 Å². The Hall–Kier alpha value is -3.44. The Balaban J connectivity index is 1.69. The molecule has 0 saturated heterocycles. The molecule has 1 aliphatic heterocycles. The molecule has 1 unspecified atom stereocenters.